The third-order valence-electron chi connectivity index (χ3n) is 7.13. The topological polar surface area (TPSA) is 50.9 Å². The molecule has 6 rings (SSSR count). The number of likely N-dealkylation sites (N-methyl/N-ethyl adjacent to an activating group) is 1. The minimum absolute atomic E-state index is 0.295. The number of nitrogens with zero attached hydrogens (tertiary/aromatic N) is 3. The number of alkyl halides is 3. The molecule has 5 nitrogen and oxygen atoms in total. The number of hydrogen-bond acceptors (Lipinski definition) is 3. The van der Waals surface area contributed by atoms with Crippen molar-refractivity contribution in [3.63, 3.8) is 0 Å². The van der Waals surface area contributed by atoms with Crippen LogP contribution in [0.3, 0.4) is 0 Å². The van der Waals surface area contributed by atoms with E-state index in [-0.39, 0.29) is 0 Å². The normalized spacial score (nSPS) is 15.8. The number of rotatable bonds is 4. The molecule has 0 aliphatic carbocycles. The van der Waals surface area contributed by atoms with Crippen molar-refractivity contribution in [3.05, 3.63) is 78.2 Å². The van der Waals surface area contributed by atoms with Gasteiger partial charge in [0, 0.05) is 73.3 Å². The highest BCUT2D eigenvalue weighted by Gasteiger charge is 2.34. The van der Waals surface area contributed by atoms with E-state index in [0.29, 0.717) is 28.9 Å². The van der Waals surface area contributed by atoms with Crippen molar-refractivity contribution in [2.75, 3.05) is 33.2 Å². The van der Waals surface area contributed by atoms with Gasteiger partial charge in [-0.3, -0.25) is 4.90 Å². The van der Waals surface area contributed by atoms with Gasteiger partial charge in [0.05, 0.1) is 5.56 Å². The lowest BCUT2D eigenvalue weighted by Gasteiger charge is -2.33. The number of nitrogens with one attached hydrogen (secondary N) is 2. The lowest BCUT2D eigenvalue weighted by molar-refractivity contribution is -0.138. The molecule has 0 atom stereocenters. The van der Waals surface area contributed by atoms with E-state index in [0.717, 1.165) is 53.6 Å². The van der Waals surface area contributed by atoms with Crippen LogP contribution in [-0.4, -0.2) is 58.0 Å². The van der Waals surface area contributed by atoms with Gasteiger partial charge in [-0.2, -0.15) is 13.2 Å². The number of pyridine rings is 1. The van der Waals surface area contributed by atoms with E-state index in [1.807, 2.05) is 43.7 Å². The molecule has 2 N–H and O–H groups in total. The summed E-state index contributed by atoms with van der Waals surface area (Å²) in [4.78, 5) is 15.2. The molecule has 1 aliphatic rings. The number of piperazine rings is 1. The highest BCUT2D eigenvalue weighted by molar-refractivity contribution is 5.98. The van der Waals surface area contributed by atoms with Gasteiger partial charge < -0.3 is 14.9 Å². The molecule has 1 saturated heterocycles. The SMILES string of the molecule is CN1CCN(Cc2ccc(-c3cnc4[nH]cc(-c5ccc6[nH]ccc6c5)c4c3)cc2C(F)(F)F)CC1. The first-order valence-corrected chi connectivity index (χ1v) is 12.0. The zero-order valence-corrected chi connectivity index (χ0v) is 19.9. The van der Waals surface area contributed by atoms with Gasteiger partial charge in [0.2, 0.25) is 0 Å². The molecule has 4 heterocycles. The molecule has 8 heteroatoms. The zero-order valence-electron chi connectivity index (χ0n) is 19.9. The minimum Gasteiger partial charge on any atom is -0.361 e. The monoisotopic (exact) mass is 489 g/mol. The average molecular weight is 490 g/mol. The fourth-order valence-corrected chi connectivity index (χ4v) is 5.03. The number of halogens is 3. The van der Waals surface area contributed by atoms with E-state index in [2.05, 4.69) is 30.8 Å². The Kier molecular flexibility index (Phi) is 5.58. The number of hydrogen-bond donors (Lipinski definition) is 2. The van der Waals surface area contributed by atoms with Crippen molar-refractivity contribution in [1.82, 2.24) is 24.8 Å². The van der Waals surface area contributed by atoms with E-state index < -0.39 is 11.7 Å². The van der Waals surface area contributed by atoms with Crippen molar-refractivity contribution < 1.29 is 13.2 Å². The van der Waals surface area contributed by atoms with Gasteiger partial charge in [-0.15, -0.1) is 0 Å². The van der Waals surface area contributed by atoms with Gasteiger partial charge in [0.1, 0.15) is 5.65 Å². The van der Waals surface area contributed by atoms with Crippen LogP contribution in [0, 0.1) is 0 Å². The smallest absolute Gasteiger partial charge is 0.361 e. The van der Waals surface area contributed by atoms with Crippen molar-refractivity contribution >= 4 is 21.9 Å². The van der Waals surface area contributed by atoms with Crippen molar-refractivity contribution in [1.29, 1.82) is 0 Å². The average Bonchev–Trinajstić information content (AvgIpc) is 3.51. The second-order valence-corrected chi connectivity index (χ2v) is 9.55. The van der Waals surface area contributed by atoms with E-state index in [4.69, 9.17) is 0 Å². The summed E-state index contributed by atoms with van der Waals surface area (Å²) in [6.45, 7) is 3.55. The summed E-state index contributed by atoms with van der Waals surface area (Å²) in [5.41, 5.74) is 4.63. The van der Waals surface area contributed by atoms with Crippen LogP contribution in [0.5, 0.6) is 0 Å². The molecule has 0 spiro atoms. The Hall–Kier alpha value is -3.62. The predicted octanol–water partition coefficient (Wildman–Crippen LogP) is 6.14. The Morgan fingerprint density at radius 3 is 2.50 bits per heavy atom. The quantitative estimate of drug-likeness (QED) is 0.319. The van der Waals surface area contributed by atoms with Crippen LogP contribution in [0.15, 0.2) is 67.1 Å². The minimum atomic E-state index is -4.43. The summed E-state index contributed by atoms with van der Waals surface area (Å²) >= 11 is 0. The Balaban J connectivity index is 1.37. The largest absolute Gasteiger partial charge is 0.416 e. The summed E-state index contributed by atoms with van der Waals surface area (Å²) in [5.74, 6) is 0. The van der Waals surface area contributed by atoms with Crippen LogP contribution < -0.4 is 0 Å². The van der Waals surface area contributed by atoms with Gasteiger partial charge in [-0.1, -0.05) is 18.2 Å². The maximum absolute atomic E-state index is 14.1. The highest BCUT2D eigenvalue weighted by atomic mass is 19.4. The number of fused-ring (bicyclic) bond motifs is 2. The molecule has 0 saturated carbocycles. The maximum atomic E-state index is 14.1. The molecule has 184 valence electrons. The molecular formula is C28H26F3N5. The van der Waals surface area contributed by atoms with Crippen molar-refractivity contribution in [2.24, 2.45) is 0 Å². The Morgan fingerprint density at radius 1 is 0.889 bits per heavy atom. The van der Waals surface area contributed by atoms with E-state index >= 15 is 0 Å². The molecule has 36 heavy (non-hydrogen) atoms. The molecule has 0 radical (unpaired) electrons. The Labute approximate surface area is 206 Å². The highest BCUT2D eigenvalue weighted by Crippen LogP contribution is 2.37. The predicted molar refractivity (Wildman–Crippen MR) is 137 cm³/mol. The van der Waals surface area contributed by atoms with Crippen molar-refractivity contribution in [3.8, 4) is 22.3 Å². The van der Waals surface area contributed by atoms with Crippen LogP contribution in [0.1, 0.15) is 11.1 Å². The van der Waals surface area contributed by atoms with Crippen LogP contribution in [-0.2, 0) is 12.7 Å². The second-order valence-electron chi connectivity index (χ2n) is 9.55. The molecule has 5 aromatic rings. The molecule has 3 aromatic heterocycles. The van der Waals surface area contributed by atoms with Gasteiger partial charge in [-0.05, 0) is 59.5 Å². The first kappa shape index (κ1) is 22.8. The molecule has 0 bridgehead atoms. The first-order valence-electron chi connectivity index (χ1n) is 12.0. The third-order valence-corrected chi connectivity index (χ3v) is 7.13. The van der Waals surface area contributed by atoms with Crippen LogP contribution in [0.2, 0.25) is 0 Å². The summed E-state index contributed by atoms with van der Waals surface area (Å²) in [6.07, 6.45) is 0.999. The van der Waals surface area contributed by atoms with E-state index in [9.17, 15) is 13.2 Å². The zero-order chi connectivity index (χ0) is 24.9. The lowest BCUT2D eigenvalue weighted by atomic mass is 9.97. The van der Waals surface area contributed by atoms with E-state index in [1.165, 1.54) is 6.07 Å². The fourth-order valence-electron chi connectivity index (χ4n) is 5.03. The van der Waals surface area contributed by atoms with Crippen molar-refractivity contribution in [2.45, 2.75) is 12.7 Å². The summed E-state index contributed by atoms with van der Waals surface area (Å²) in [5, 5.41) is 1.97. The Morgan fingerprint density at radius 2 is 1.69 bits per heavy atom. The molecule has 1 aliphatic heterocycles. The molecular weight excluding hydrogens is 463 g/mol. The third kappa shape index (κ3) is 4.27. The summed E-state index contributed by atoms with van der Waals surface area (Å²) in [7, 11) is 2.03. The standard InChI is InChI=1S/C28H26F3N5/c1-35-8-10-36(11-9-35)17-21-3-2-18(14-25(21)28(29,30)31)22-13-23-24(16-34-27(23)33-15-22)19-4-5-26-20(12-19)6-7-32-26/h2-7,12-16,32H,8-11,17H2,1H3,(H,33,34). The van der Waals surface area contributed by atoms with Crippen LogP contribution in [0.4, 0.5) is 13.2 Å². The van der Waals surface area contributed by atoms with Gasteiger partial charge in [0.15, 0.2) is 0 Å². The number of aromatic amines is 2. The van der Waals surface area contributed by atoms with Gasteiger partial charge in [0.25, 0.3) is 0 Å². The fraction of sp³-hybridized carbons (Fsp3) is 0.250. The number of H-pyrrole nitrogens is 2. The molecule has 0 amide bonds. The number of aromatic nitrogens is 3. The number of benzene rings is 2. The first-order chi connectivity index (χ1) is 17.3. The lowest BCUT2D eigenvalue weighted by Crippen LogP contribution is -2.44. The Bertz CT molecular complexity index is 1540. The van der Waals surface area contributed by atoms with Crippen LogP contribution >= 0.6 is 0 Å². The van der Waals surface area contributed by atoms with E-state index in [1.54, 1.807) is 18.3 Å². The van der Waals surface area contributed by atoms with Crippen LogP contribution in [0.25, 0.3) is 44.2 Å². The summed E-state index contributed by atoms with van der Waals surface area (Å²) < 4.78 is 42.3. The van der Waals surface area contributed by atoms with Gasteiger partial charge in [-0.25, -0.2) is 4.98 Å². The van der Waals surface area contributed by atoms with Gasteiger partial charge >= 0.3 is 6.18 Å². The molecule has 0 unspecified atom stereocenters. The summed E-state index contributed by atoms with van der Waals surface area (Å²) in [6, 6.07) is 14.8. The molecule has 2 aromatic carbocycles. The second kappa shape index (κ2) is 8.80. The molecule has 1 fully saturated rings. The maximum Gasteiger partial charge on any atom is 0.416 e.